The second-order valence-corrected chi connectivity index (χ2v) is 3.30. The zero-order valence-electron chi connectivity index (χ0n) is 8.30. The minimum atomic E-state index is -4.53. The zero-order valence-corrected chi connectivity index (χ0v) is 8.30. The number of pyridine rings is 1. The average molecular weight is 231 g/mol. The molecule has 1 N–H and O–H groups in total. The summed E-state index contributed by atoms with van der Waals surface area (Å²) in [5, 5.41) is 2.62. The highest BCUT2D eigenvalue weighted by Crippen LogP contribution is 2.28. The molecule has 2 aromatic rings. The van der Waals surface area contributed by atoms with Crippen LogP contribution in [0, 0.1) is 0 Å². The summed E-state index contributed by atoms with van der Waals surface area (Å²) >= 11 is 0. The van der Waals surface area contributed by atoms with Crippen molar-refractivity contribution in [2.24, 2.45) is 0 Å². The van der Waals surface area contributed by atoms with E-state index in [0.717, 1.165) is 10.6 Å². The van der Waals surface area contributed by atoms with E-state index < -0.39 is 17.3 Å². The first kappa shape index (κ1) is 10.7. The lowest BCUT2D eigenvalue weighted by Crippen LogP contribution is -2.17. The third-order valence-electron chi connectivity index (χ3n) is 2.17. The first-order chi connectivity index (χ1) is 7.41. The highest BCUT2D eigenvalue weighted by molar-refractivity contribution is 5.41. The number of H-pyrrole nitrogens is 1. The standard InChI is InChI=1S/C9H8F3N3O/c1-2-6-13-7-3-5(9(10,11)12)4-8(16)15(7)14-6/h3-4H,2H2,1H3,(H,13,14). The lowest BCUT2D eigenvalue weighted by Gasteiger charge is -2.04. The quantitative estimate of drug-likeness (QED) is 0.810. The molecule has 4 nitrogen and oxygen atoms in total. The van der Waals surface area contributed by atoms with Crippen molar-refractivity contribution in [2.75, 3.05) is 0 Å². The van der Waals surface area contributed by atoms with Crippen molar-refractivity contribution in [3.63, 3.8) is 0 Å². The van der Waals surface area contributed by atoms with Crippen LogP contribution in [0.15, 0.2) is 16.9 Å². The summed E-state index contributed by atoms with van der Waals surface area (Å²) in [7, 11) is 0. The molecule has 0 bridgehead atoms. The summed E-state index contributed by atoms with van der Waals surface area (Å²) in [6, 6.07) is 1.39. The molecule has 0 unspecified atom stereocenters. The minimum Gasteiger partial charge on any atom is -0.276 e. The van der Waals surface area contributed by atoms with Crippen molar-refractivity contribution in [1.82, 2.24) is 14.6 Å². The largest absolute Gasteiger partial charge is 0.416 e. The van der Waals surface area contributed by atoms with Gasteiger partial charge in [-0.05, 0) is 6.07 Å². The number of aryl methyl sites for hydroxylation is 1. The molecule has 0 aromatic carbocycles. The van der Waals surface area contributed by atoms with E-state index >= 15 is 0 Å². The summed E-state index contributed by atoms with van der Waals surface area (Å²) in [4.78, 5) is 15.2. The second kappa shape index (κ2) is 3.36. The SMILES string of the molecule is CCc1nc2cc(C(F)(F)F)cc(=O)n2[nH]1. The van der Waals surface area contributed by atoms with Crippen LogP contribution in [0.5, 0.6) is 0 Å². The Hall–Kier alpha value is -1.79. The number of hydrogen-bond donors (Lipinski definition) is 1. The molecule has 0 aliphatic rings. The molecule has 2 aromatic heterocycles. The molecule has 0 radical (unpaired) electrons. The zero-order chi connectivity index (χ0) is 11.9. The molecule has 7 heteroatoms. The van der Waals surface area contributed by atoms with E-state index in [1.807, 2.05) is 0 Å². The van der Waals surface area contributed by atoms with Gasteiger partial charge in [0.2, 0.25) is 0 Å². The smallest absolute Gasteiger partial charge is 0.276 e. The number of hydrogen-bond acceptors (Lipinski definition) is 2. The van der Waals surface area contributed by atoms with Gasteiger partial charge in [0.15, 0.2) is 5.65 Å². The maximum Gasteiger partial charge on any atom is 0.416 e. The molecule has 2 heterocycles. The van der Waals surface area contributed by atoms with E-state index in [9.17, 15) is 18.0 Å². The molecule has 0 atom stereocenters. The van der Waals surface area contributed by atoms with Crippen LogP contribution in [-0.2, 0) is 12.6 Å². The predicted molar refractivity (Wildman–Crippen MR) is 50.2 cm³/mol. The van der Waals surface area contributed by atoms with E-state index in [4.69, 9.17) is 0 Å². The van der Waals surface area contributed by atoms with Gasteiger partial charge in [-0.25, -0.2) is 9.50 Å². The number of halogens is 3. The molecular formula is C9H8F3N3O. The predicted octanol–water partition coefficient (Wildman–Crippen LogP) is 1.60. The van der Waals surface area contributed by atoms with E-state index in [1.54, 1.807) is 6.92 Å². The van der Waals surface area contributed by atoms with Crippen molar-refractivity contribution in [2.45, 2.75) is 19.5 Å². The van der Waals surface area contributed by atoms with Crippen LogP contribution in [0.2, 0.25) is 0 Å². The van der Waals surface area contributed by atoms with Crippen LogP contribution < -0.4 is 5.56 Å². The monoisotopic (exact) mass is 231 g/mol. The van der Waals surface area contributed by atoms with Gasteiger partial charge < -0.3 is 0 Å². The summed E-state index contributed by atoms with van der Waals surface area (Å²) in [6.07, 6.45) is -4.01. The summed E-state index contributed by atoms with van der Waals surface area (Å²) in [5.41, 5.74) is -1.76. The summed E-state index contributed by atoms with van der Waals surface area (Å²) < 4.78 is 38.2. The van der Waals surface area contributed by atoms with Gasteiger partial charge in [-0.3, -0.25) is 9.89 Å². The Kier molecular flexibility index (Phi) is 2.25. The number of alkyl halides is 3. The number of aromatic nitrogens is 3. The van der Waals surface area contributed by atoms with Gasteiger partial charge in [0, 0.05) is 12.5 Å². The fourth-order valence-corrected chi connectivity index (χ4v) is 1.36. The van der Waals surface area contributed by atoms with Crippen LogP contribution in [0.3, 0.4) is 0 Å². The van der Waals surface area contributed by atoms with Crippen LogP contribution in [-0.4, -0.2) is 14.6 Å². The lowest BCUT2D eigenvalue weighted by atomic mass is 10.2. The summed E-state index contributed by atoms with van der Waals surface area (Å²) in [6.45, 7) is 1.79. The molecule has 0 amide bonds. The molecule has 0 aliphatic carbocycles. The van der Waals surface area contributed by atoms with E-state index in [-0.39, 0.29) is 5.65 Å². The highest BCUT2D eigenvalue weighted by atomic mass is 19.4. The molecule has 0 fully saturated rings. The van der Waals surface area contributed by atoms with Crippen LogP contribution >= 0.6 is 0 Å². The number of nitrogens with zero attached hydrogens (tertiary/aromatic N) is 2. The lowest BCUT2D eigenvalue weighted by molar-refractivity contribution is -0.137. The van der Waals surface area contributed by atoms with Gasteiger partial charge in [0.05, 0.1) is 5.56 Å². The van der Waals surface area contributed by atoms with Crippen LogP contribution in [0.25, 0.3) is 5.65 Å². The Labute approximate surface area is 87.7 Å². The Morgan fingerprint density at radius 1 is 1.44 bits per heavy atom. The third-order valence-corrected chi connectivity index (χ3v) is 2.17. The molecule has 0 saturated heterocycles. The van der Waals surface area contributed by atoms with Crippen LogP contribution in [0.4, 0.5) is 13.2 Å². The van der Waals surface area contributed by atoms with Gasteiger partial charge in [0.25, 0.3) is 5.56 Å². The van der Waals surface area contributed by atoms with Crippen molar-refractivity contribution in [1.29, 1.82) is 0 Å². The maximum absolute atomic E-state index is 12.4. The number of nitrogens with one attached hydrogen (secondary N) is 1. The van der Waals surface area contributed by atoms with Gasteiger partial charge in [-0.2, -0.15) is 13.2 Å². The number of fused-ring (bicyclic) bond motifs is 1. The maximum atomic E-state index is 12.4. The van der Waals surface area contributed by atoms with Gasteiger partial charge in [-0.15, -0.1) is 0 Å². The fourth-order valence-electron chi connectivity index (χ4n) is 1.36. The molecule has 86 valence electrons. The Bertz CT molecular complexity index is 582. The van der Waals surface area contributed by atoms with E-state index in [2.05, 4.69) is 10.1 Å². The number of aromatic amines is 1. The minimum absolute atomic E-state index is 0.0170. The Morgan fingerprint density at radius 3 is 2.69 bits per heavy atom. The van der Waals surface area contributed by atoms with Crippen molar-refractivity contribution in [3.05, 3.63) is 33.9 Å². The van der Waals surface area contributed by atoms with E-state index in [0.29, 0.717) is 18.3 Å². The average Bonchev–Trinajstić information content (AvgIpc) is 2.59. The molecule has 0 aliphatic heterocycles. The van der Waals surface area contributed by atoms with Crippen molar-refractivity contribution < 1.29 is 13.2 Å². The van der Waals surface area contributed by atoms with Gasteiger partial charge in [0.1, 0.15) is 5.82 Å². The molecule has 16 heavy (non-hydrogen) atoms. The molecular weight excluding hydrogens is 223 g/mol. The van der Waals surface area contributed by atoms with Gasteiger partial charge in [-0.1, -0.05) is 6.92 Å². The molecule has 0 spiro atoms. The van der Waals surface area contributed by atoms with Crippen LogP contribution in [0.1, 0.15) is 18.3 Å². The second-order valence-electron chi connectivity index (χ2n) is 3.30. The third kappa shape index (κ3) is 1.68. The Morgan fingerprint density at radius 2 is 2.12 bits per heavy atom. The van der Waals surface area contributed by atoms with Crippen molar-refractivity contribution >= 4 is 5.65 Å². The van der Waals surface area contributed by atoms with E-state index in [1.165, 1.54) is 0 Å². The normalized spacial score (nSPS) is 12.2. The topological polar surface area (TPSA) is 50.2 Å². The number of rotatable bonds is 1. The first-order valence-corrected chi connectivity index (χ1v) is 4.60. The summed E-state index contributed by atoms with van der Waals surface area (Å²) in [5.74, 6) is 0.469. The van der Waals surface area contributed by atoms with Crippen molar-refractivity contribution in [3.8, 4) is 0 Å². The van der Waals surface area contributed by atoms with Gasteiger partial charge >= 0.3 is 6.18 Å². The first-order valence-electron chi connectivity index (χ1n) is 4.60. The fraction of sp³-hybridized carbons (Fsp3) is 0.333. The molecule has 2 rings (SSSR count). The Balaban J connectivity index is 2.72. The molecule has 0 saturated carbocycles. The highest BCUT2D eigenvalue weighted by Gasteiger charge is 2.31.